The first kappa shape index (κ1) is 12.7. The van der Waals surface area contributed by atoms with E-state index in [1.807, 2.05) is 17.7 Å². The van der Waals surface area contributed by atoms with Gasteiger partial charge in [-0.15, -0.1) is 0 Å². The maximum Gasteiger partial charge on any atom is 0.278 e. The molecule has 0 aromatic carbocycles. The van der Waals surface area contributed by atoms with E-state index in [9.17, 15) is 0 Å². The molecule has 0 saturated carbocycles. The Hall–Kier alpha value is -1.73. The molecule has 2 aromatic rings. The summed E-state index contributed by atoms with van der Waals surface area (Å²) in [5.41, 5.74) is 6.13. The first-order valence-corrected chi connectivity index (χ1v) is 5.80. The summed E-state index contributed by atoms with van der Waals surface area (Å²) in [5, 5.41) is 3.90. The minimum atomic E-state index is 0.0604. The highest BCUT2D eigenvalue weighted by atomic mass is 16.5. The lowest BCUT2D eigenvalue weighted by atomic mass is 10.3. The normalized spacial score (nSPS) is 12.8. The van der Waals surface area contributed by atoms with Gasteiger partial charge in [-0.2, -0.15) is 4.98 Å². The van der Waals surface area contributed by atoms with Gasteiger partial charge in [0.1, 0.15) is 5.69 Å². The van der Waals surface area contributed by atoms with E-state index in [4.69, 9.17) is 15.0 Å². The molecule has 18 heavy (non-hydrogen) atoms. The molecule has 98 valence electrons. The van der Waals surface area contributed by atoms with Gasteiger partial charge in [-0.05, 0) is 6.92 Å². The molecule has 2 heterocycles. The molecule has 0 aliphatic carbocycles. The van der Waals surface area contributed by atoms with Crippen LogP contribution in [0.15, 0.2) is 17.0 Å². The monoisotopic (exact) mass is 251 g/mol. The summed E-state index contributed by atoms with van der Waals surface area (Å²) in [7, 11) is 1.65. The zero-order chi connectivity index (χ0) is 13.0. The Bertz CT molecular complexity index is 493. The van der Waals surface area contributed by atoms with Crippen LogP contribution in [0.1, 0.15) is 12.7 Å². The molecule has 2 rings (SSSR count). The van der Waals surface area contributed by atoms with Gasteiger partial charge in [0.15, 0.2) is 5.82 Å². The van der Waals surface area contributed by atoms with Crippen molar-refractivity contribution in [3.05, 3.63) is 18.3 Å². The van der Waals surface area contributed by atoms with E-state index in [1.54, 1.807) is 13.4 Å². The summed E-state index contributed by atoms with van der Waals surface area (Å²) in [6.45, 7) is 3.23. The Balaban J connectivity index is 2.08. The van der Waals surface area contributed by atoms with Crippen LogP contribution in [0.3, 0.4) is 0 Å². The van der Waals surface area contributed by atoms with Crippen LogP contribution >= 0.6 is 0 Å². The Morgan fingerprint density at radius 1 is 1.56 bits per heavy atom. The minimum absolute atomic E-state index is 0.0604. The van der Waals surface area contributed by atoms with E-state index in [0.717, 1.165) is 0 Å². The fraction of sp³-hybridized carbons (Fsp3) is 0.545. The van der Waals surface area contributed by atoms with Gasteiger partial charge >= 0.3 is 0 Å². The van der Waals surface area contributed by atoms with Crippen molar-refractivity contribution in [2.75, 3.05) is 13.7 Å². The maximum atomic E-state index is 5.47. The zero-order valence-electron chi connectivity index (χ0n) is 10.5. The average Bonchev–Trinajstić information content (AvgIpc) is 2.98. The number of nitrogens with zero attached hydrogens (tertiary/aromatic N) is 4. The molecule has 2 aromatic heterocycles. The van der Waals surface area contributed by atoms with E-state index in [1.165, 1.54) is 0 Å². The molecule has 7 heteroatoms. The van der Waals surface area contributed by atoms with Gasteiger partial charge in [-0.3, -0.25) is 0 Å². The van der Waals surface area contributed by atoms with Gasteiger partial charge in [0.2, 0.25) is 0 Å². The lowest BCUT2D eigenvalue weighted by molar-refractivity contribution is 0.116. The minimum Gasteiger partial charge on any atom is -0.381 e. The van der Waals surface area contributed by atoms with Crippen molar-refractivity contribution in [1.29, 1.82) is 0 Å². The Morgan fingerprint density at radius 2 is 2.39 bits per heavy atom. The third-order valence-corrected chi connectivity index (χ3v) is 2.58. The third kappa shape index (κ3) is 2.93. The number of hydrogen-bond acceptors (Lipinski definition) is 6. The van der Waals surface area contributed by atoms with Crippen molar-refractivity contribution in [2.45, 2.75) is 26.0 Å². The lowest BCUT2D eigenvalue weighted by Crippen LogP contribution is -2.09. The molecule has 0 amide bonds. The van der Waals surface area contributed by atoms with Crippen molar-refractivity contribution in [1.82, 2.24) is 19.7 Å². The fourth-order valence-corrected chi connectivity index (χ4v) is 1.52. The van der Waals surface area contributed by atoms with Gasteiger partial charge in [0.25, 0.3) is 5.89 Å². The highest BCUT2D eigenvalue weighted by Gasteiger charge is 2.13. The second-order valence-corrected chi connectivity index (χ2v) is 4.05. The molecule has 0 spiro atoms. The highest BCUT2D eigenvalue weighted by molar-refractivity contribution is 5.44. The molecule has 0 aliphatic rings. The van der Waals surface area contributed by atoms with Crippen molar-refractivity contribution in [3.8, 4) is 11.6 Å². The van der Waals surface area contributed by atoms with Gasteiger partial charge in [-0.25, -0.2) is 4.98 Å². The Morgan fingerprint density at radius 3 is 3.11 bits per heavy atom. The third-order valence-electron chi connectivity index (χ3n) is 2.58. The van der Waals surface area contributed by atoms with Crippen molar-refractivity contribution in [3.63, 3.8) is 0 Å². The number of nitrogens with two attached hydrogens (primary N) is 1. The second-order valence-electron chi connectivity index (χ2n) is 4.05. The first-order valence-electron chi connectivity index (χ1n) is 5.80. The van der Waals surface area contributed by atoms with Crippen LogP contribution in [-0.4, -0.2) is 39.5 Å². The second kappa shape index (κ2) is 5.74. The van der Waals surface area contributed by atoms with E-state index in [-0.39, 0.29) is 6.10 Å². The van der Waals surface area contributed by atoms with Crippen molar-refractivity contribution in [2.24, 2.45) is 5.73 Å². The van der Waals surface area contributed by atoms with Crippen LogP contribution in [0.25, 0.3) is 11.6 Å². The molecule has 1 atom stereocenters. The van der Waals surface area contributed by atoms with Crippen LogP contribution in [0, 0.1) is 0 Å². The molecule has 0 fully saturated rings. The quantitative estimate of drug-likeness (QED) is 0.802. The van der Waals surface area contributed by atoms with Crippen LogP contribution in [-0.2, 0) is 17.7 Å². The number of rotatable bonds is 6. The average molecular weight is 251 g/mol. The number of methoxy groups -OCH3 is 1. The first-order chi connectivity index (χ1) is 8.72. The predicted octanol–water partition coefficient (Wildman–Crippen LogP) is 0.469. The largest absolute Gasteiger partial charge is 0.381 e. The molecule has 1 unspecified atom stereocenters. The molecular weight excluding hydrogens is 234 g/mol. The van der Waals surface area contributed by atoms with Crippen LogP contribution in [0.5, 0.6) is 0 Å². The topological polar surface area (TPSA) is 92.0 Å². The van der Waals surface area contributed by atoms with Crippen LogP contribution < -0.4 is 5.73 Å². The summed E-state index contributed by atoms with van der Waals surface area (Å²) in [6, 6.07) is 0. The van der Waals surface area contributed by atoms with Gasteiger partial charge in [0, 0.05) is 32.8 Å². The number of imidazole rings is 1. The number of aromatic nitrogens is 4. The van der Waals surface area contributed by atoms with Gasteiger partial charge in [0.05, 0.1) is 12.4 Å². The molecule has 0 aliphatic heterocycles. The Kier molecular flexibility index (Phi) is 4.06. The summed E-state index contributed by atoms with van der Waals surface area (Å²) >= 11 is 0. The predicted molar refractivity (Wildman–Crippen MR) is 64.7 cm³/mol. The van der Waals surface area contributed by atoms with Crippen LogP contribution in [0.4, 0.5) is 0 Å². The van der Waals surface area contributed by atoms with Gasteiger partial charge < -0.3 is 19.6 Å². The van der Waals surface area contributed by atoms with Gasteiger partial charge in [-0.1, -0.05) is 5.16 Å². The molecular formula is C11H17N5O2. The summed E-state index contributed by atoms with van der Waals surface area (Å²) in [5.74, 6) is 1.04. The smallest absolute Gasteiger partial charge is 0.278 e. The summed E-state index contributed by atoms with van der Waals surface area (Å²) in [4.78, 5) is 8.47. The van der Waals surface area contributed by atoms with E-state index in [0.29, 0.717) is 36.9 Å². The lowest BCUT2D eigenvalue weighted by Gasteiger charge is -2.03. The van der Waals surface area contributed by atoms with E-state index >= 15 is 0 Å². The molecule has 0 saturated heterocycles. The van der Waals surface area contributed by atoms with E-state index in [2.05, 4.69) is 15.1 Å². The summed E-state index contributed by atoms with van der Waals surface area (Å²) in [6.07, 6.45) is 4.21. The molecule has 2 N–H and O–H groups in total. The van der Waals surface area contributed by atoms with Crippen molar-refractivity contribution < 1.29 is 9.26 Å². The van der Waals surface area contributed by atoms with Crippen molar-refractivity contribution >= 4 is 0 Å². The fourth-order valence-electron chi connectivity index (χ4n) is 1.52. The SMILES string of the molecule is COC(C)Cc1noc(-c2cn(CCN)cn2)n1. The molecule has 7 nitrogen and oxygen atoms in total. The summed E-state index contributed by atoms with van der Waals surface area (Å²) < 4.78 is 12.2. The number of hydrogen-bond donors (Lipinski definition) is 1. The van der Waals surface area contributed by atoms with E-state index < -0.39 is 0 Å². The highest BCUT2D eigenvalue weighted by Crippen LogP contribution is 2.15. The number of ether oxygens (including phenoxy) is 1. The molecule has 0 radical (unpaired) electrons. The zero-order valence-corrected chi connectivity index (χ0v) is 10.5. The molecule has 0 bridgehead atoms. The maximum absolute atomic E-state index is 5.47. The standard InChI is InChI=1S/C11H17N5O2/c1-8(17-2)5-10-14-11(18-15-10)9-6-16(4-3-12)7-13-9/h6-8H,3-5,12H2,1-2H3. The Labute approximate surface area is 105 Å². The van der Waals surface area contributed by atoms with Crippen LogP contribution in [0.2, 0.25) is 0 Å².